The highest BCUT2D eigenvalue weighted by Crippen LogP contribution is 2.24. The first-order chi connectivity index (χ1) is 11.5. The minimum absolute atomic E-state index is 0.149. The zero-order valence-electron chi connectivity index (χ0n) is 11.9. The van der Waals surface area contributed by atoms with Gasteiger partial charge >= 0.3 is 0 Å². The molecule has 0 bridgehead atoms. The molecule has 1 N–H and O–H groups in total. The van der Waals surface area contributed by atoms with Crippen molar-refractivity contribution in [1.82, 2.24) is 9.55 Å². The Kier molecular flexibility index (Phi) is 4.04. The average molecular weight is 348 g/mol. The van der Waals surface area contributed by atoms with Crippen LogP contribution in [0.3, 0.4) is 0 Å². The lowest BCUT2D eigenvalue weighted by Crippen LogP contribution is -2.27. The Labute approximate surface area is 137 Å². The third-order valence-electron chi connectivity index (χ3n) is 3.19. The van der Waals surface area contributed by atoms with E-state index in [2.05, 4.69) is 10.3 Å². The van der Waals surface area contributed by atoms with Crippen molar-refractivity contribution in [1.29, 1.82) is 0 Å². The van der Waals surface area contributed by atoms with Crippen LogP contribution in [0, 0.1) is 15.9 Å². The second kappa shape index (κ2) is 6.16. The summed E-state index contributed by atoms with van der Waals surface area (Å²) in [6.07, 6.45) is 1.24. The molecule has 0 fully saturated rings. The van der Waals surface area contributed by atoms with Crippen molar-refractivity contribution in [2.45, 2.75) is 6.54 Å². The molecule has 1 amide bonds. The lowest BCUT2D eigenvalue weighted by molar-refractivity contribution is -0.384. The first-order valence-electron chi connectivity index (χ1n) is 6.62. The number of hydrogen-bond acceptors (Lipinski definition) is 6. The van der Waals surface area contributed by atoms with Gasteiger partial charge in [0.25, 0.3) is 11.2 Å². The third kappa shape index (κ3) is 2.99. The number of amides is 1. The quantitative estimate of drug-likeness (QED) is 0.574. The summed E-state index contributed by atoms with van der Waals surface area (Å²) < 4.78 is 14.2. The molecule has 0 aliphatic heterocycles. The number of nitrogens with one attached hydrogen (secondary N) is 1. The Morgan fingerprint density at radius 3 is 2.96 bits per heavy atom. The molecule has 1 aromatic carbocycles. The lowest BCUT2D eigenvalue weighted by Gasteiger charge is -2.07. The Balaban J connectivity index is 1.84. The van der Waals surface area contributed by atoms with Crippen molar-refractivity contribution < 1.29 is 14.1 Å². The summed E-state index contributed by atoms with van der Waals surface area (Å²) in [4.78, 5) is 39.0. The van der Waals surface area contributed by atoms with E-state index in [1.54, 1.807) is 11.4 Å². The minimum Gasteiger partial charge on any atom is -0.319 e. The van der Waals surface area contributed by atoms with Gasteiger partial charge in [0.2, 0.25) is 5.91 Å². The molecule has 3 aromatic rings. The molecule has 8 nitrogen and oxygen atoms in total. The topological polar surface area (TPSA) is 107 Å². The number of nitro groups is 1. The van der Waals surface area contributed by atoms with Crippen molar-refractivity contribution in [3.63, 3.8) is 0 Å². The van der Waals surface area contributed by atoms with Crippen LogP contribution in [-0.2, 0) is 11.3 Å². The monoisotopic (exact) mass is 348 g/mol. The summed E-state index contributed by atoms with van der Waals surface area (Å²) in [5, 5.41) is 15.3. The number of rotatable bonds is 4. The van der Waals surface area contributed by atoms with Crippen LogP contribution in [0.1, 0.15) is 0 Å². The highest BCUT2D eigenvalue weighted by molar-refractivity contribution is 7.16. The number of hydrogen-bond donors (Lipinski definition) is 1. The van der Waals surface area contributed by atoms with Gasteiger partial charge < -0.3 is 5.32 Å². The standard InChI is InChI=1S/C14H9FN4O4S/c15-8-1-2-10(11(5-8)19(22)23)17-12(20)6-18-7-16-13-9(14(18)21)3-4-24-13/h1-5,7H,6H2,(H,17,20). The Hall–Kier alpha value is -3.14. The van der Waals surface area contributed by atoms with Gasteiger partial charge in [-0.2, -0.15) is 0 Å². The molecule has 0 atom stereocenters. The van der Waals surface area contributed by atoms with E-state index in [9.17, 15) is 24.1 Å². The predicted octanol–water partition coefficient (Wildman–Crippen LogP) is 2.14. The first kappa shape index (κ1) is 15.7. The van der Waals surface area contributed by atoms with Gasteiger partial charge in [-0.25, -0.2) is 9.37 Å². The second-order valence-corrected chi connectivity index (χ2v) is 5.68. The highest BCUT2D eigenvalue weighted by atomic mass is 32.1. The molecule has 2 heterocycles. The molecule has 0 spiro atoms. The van der Waals surface area contributed by atoms with Gasteiger partial charge in [-0.05, 0) is 23.6 Å². The summed E-state index contributed by atoms with van der Waals surface area (Å²) in [5.41, 5.74) is -1.10. The van der Waals surface area contributed by atoms with Crippen molar-refractivity contribution in [2.24, 2.45) is 0 Å². The first-order valence-corrected chi connectivity index (χ1v) is 7.50. The Morgan fingerprint density at radius 2 is 2.21 bits per heavy atom. The number of benzene rings is 1. The zero-order valence-corrected chi connectivity index (χ0v) is 12.7. The molecule has 0 saturated heterocycles. The maximum absolute atomic E-state index is 13.1. The molecule has 3 rings (SSSR count). The Bertz CT molecular complexity index is 1010. The van der Waals surface area contributed by atoms with Gasteiger partial charge in [-0.1, -0.05) is 0 Å². The van der Waals surface area contributed by atoms with Gasteiger partial charge in [-0.15, -0.1) is 11.3 Å². The van der Waals surface area contributed by atoms with Gasteiger partial charge in [0, 0.05) is 0 Å². The summed E-state index contributed by atoms with van der Waals surface area (Å²) >= 11 is 1.30. The number of thiophene rings is 1. The van der Waals surface area contributed by atoms with E-state index in [0.717, 1.165) is 16.7 Å². The fraction of sp³-hybridized carbons (Fsp3) is 0.0714. The number of nitro benzene ring substituents is 1. The van der Waals surface area contributed by atoms with Crippen molar-refractivity contribution in [3.8, 4) is 0 Å². The molecule has 0 radical (unpaired) electrons. The van der Waals surface area contributed by atoms with E-state index in [4.69, 9.17) is 0 Å². The van der Waals surface area contributed by atoms with Crippen LogP contribution in [0.2, 0.25) is 0 Å². The van der Waals surface area contributed by atoms with E-state index >= 15 is 0 Å². The van der Waals surface area contributed by atoms with Gasteiger partial charge in [0.15, 0.2) is 0 Å². The van der Waals surface area contributed by atoms with E-state index in [1.807, 2.05) is 0 Å². The van der Waals surface area contributed by atoms with Crippen LogP contribution in [0.25, 0.3) is 10.2 Å². The largest absolute Gasteiger partial charge is 0.319 e. The average Bonchev–Trinajstić information content (AvgIpc) is 3.01. The van der Waals surface area contributed by atoms with Crippen molar-refractivity contribution in [2.75, 3.05) is 5.32 Å². The molecule has 2 aromatic heterocycles. The molecule has 122 valence electrons. The van der Waals surface area contributed by atoms with Gasteiger partial charge in [0.05, 0.1) is 22.7 Å². The molecule has 24 heavy (non-hydrogen) atoms. The SMILES string of the molecule is O=C(Cn1cnc2sccc2c1=O)Nc1ccc(F)cc1[N+](=O)[O-]. The van der Waals surface area contributed by atoms with Gasteiger partial charge in [0.1, 0.15) is 22.9 Å². The number of anilines is 1. The summed E-state index contributed by atoms with van der Waals surface area (Å²) in [7, 11) is 0. The molecule has 0 saturated carbocycles. The van der Waals surface area contributed by atoms with E-state index in [-0.39, 0.29) is 17.8 Å². The lowest BCUT2D eigenvalue weighted by atomic mass is 10.2. The molecular weight excluding hydrogens is 339 g/mol. The van der Waals surface area contributed by atoms with Crippen LogP contribution < -0.4 is 10.9 Å². The van der Waals surface area contributed by atoms with Crippen LogP contribution in [0.15, 0.2) is 40.8 Å². The summed E-state index contributed by atoms with van der Waals surface area (Å²) in [5.74, 6) is -1.45. The van der Waals surface area contributed by atoms with Crippen LogP contribution >= 0.6 is 11.3 Å². The second-order valence-electron chi connectivity index (χ2n) is 4.78. The molecular formula is C14H9FN4O4S. The highest BCUT2D eigenvalue weighted by Gasteiger charge is 2.17. The predicted molar refractivity (Wildman–Crippen MR) is 85.6 cm³/mol. The Morgan fingerprint density at radius 1 is 1.42 bits per heavy atom. The maximum atomic E-state index is 13.1. The minimum atomic E-state index is -0.802. The normalized spacial score (nSPS) is 10.7. The van der Waals surface area contributed by atoms with Crippen LogP contribution in [-0.4, -0.2) is 20.4 Å². The number of halogens is 1. The van der Waals surface area contributed by atoms with E-state index in [1.165, 1.54) is 17.7 Å². The van der Waals surface area contributed by atoms with Gasteiger partial charge in [-0.3, -0.25) is 24.3 Å². The number of fused-ring (bicyclic) bond motifs is 1. The fourth-order valence-corrected chi connectivity index (χ4v) is 2.84. The smallest absolute Gasteiger partial charge is 0.295 e. The summed E-state index contributed by atoms with van der Waals surface area (Å²) in [6, 6.07) is 4.40. The number of nitrogens with zero attached hydrogens (tertiary/aromatic N) is 3. The van der Waals surface area contributed by atoms with E-state index < -0.39 is 22.3 Å². The third-order valence-corrected chi connectivity index (χ3v) is 4.02. The molecule has 0 unspecified atom stereocenters. The number of carbonyl (C=O) groups is 1. The molecule has 10 heteroatoms. The van der Waals surface area contributed by atoms with Crippen LogP contribution in [0.4, 0.5) is 15.8 Å². The van der Waals surface area contributed by atoms with Crippen molar-refractivity contribution in [3.05, 3.63) is 62.3 Å². The number of aromatic nitrogens is 2. The zero-order chi connectivity index (χ0) is 17.3. The van der Waals surface area contributed by atoms with E-state index in [0.29, 0.717) is 16.3 Å². The summed E-state index contributed by atoms with van der Waals surface area (Å²) in [6.45, 7) is -0.369. The molecule has 0 aliphatic carbocycles. The maximum Gasteiger partial charge on any atom is 0.295 e. The number of carbonyl (C=O) groups excluding carboxylic acids is 1. The van der Waals surface area contributed by atoms with Crippen molar-refractivity contribution >= 4 is 38.8 Å². The fourth-order valence-electron chi connectivity index (χ4n) is 2.11. The van der Waals surface area contributed by atoms with Crippen LogP contribution in [0.5, 0.6) is 0 Å². The molecule has 0 aliphatic rings.